The number of carbonyl (C=O) groups excluding carboxylic acids is 1. The van der Waals surface area contributed by atoms with Gasteiger partial charge in [-0.1, -0.05) is 43.6 Å². The van der Waals surface area contributed by atoms with E-state index < -0.39 is 17.6 Å². The summed E-state index contributed by atoms with van der Waals surface area (Å²) in [4.78, 5) is 14.7. The minimum atomic E-state index is -4.50. The van der Waals surface area contributed by atoms with E-state index in [0.29, 0.717) is 24.7 Å². The molecule has 0 spiro atoms. The predicted octanol–water partition coefficient (Wildman–Crippen LogP) is 6.51. The van der Waals surface area contributed by atoms with Crippen LogP contribution in [0.15, 0.2) is 66.9 Å². The standard InChI is InChI=1S/C24H24ClF3N2O/c1-17(2)14-30(23(31)19-7-4-8-20(13-19)24(26,27)28)16-22-10-5-11-29(22)15-18-6-3-9-21(25)12-18/h3-13,17H,14-16H2,1-2H3. The molecule has 1 aromatic heterocycles. The highest BCUT2D eigenvalue weighted by molar-refractivity contribution is 6.30. The minimum Gasteiger partial charge on any atom is -0.345 e. The van der Waals surface area contributed by atoms with E-state index in [9.17, 15) is 18.0 Å². The van der Waals surface area contributed by atoms with Gasteiger partial charge in [0.2, 0.25) is 0 Å². The SMILES string of the molecule is CC(C)CN(Cc1cccn1Cc1cccc(Cl)c1)C(=O)c1cccc(C(F)(F)F)c1. The first kappa shape index (κ1) is 22.9. The number of aromatic nitrogens is 1. The van der Waals surface area contributed by atoms with E-state index in [1.54, 1.807) is 11.0 Å². The summed E-state index contributed by atoms with van der Waals surface area (Å²) in [7, 11) is 0. The molecule has 164 valence electrons. The zero-order valence-electron chi connectivity index (χ0n) is 17.4. The third-order valence-electron chi connectivity index (χ3n) is 4.83. The maximum atomic E-state index is 13.1. The number of rotatable bonds is 7. The van der Waals surface area contributed by atoms with Crippen molar-refractivity contribution in [3.05, 3.63) is 94.3 Å². The maximum absolute atomic E-state index is 13.1. The molecule has 0 atom stereocenters. The van der Waals surface area contributed by atoms with Crippen LogP contribution >= 0.6 is 11.6 Å². The Kier molecular flexibility index (Phi) is 7.11. The monoisotopic (exact) mass is 448 g/mol. The molecule has 0 aliphatic carbocycles. The summed E-state index contributed by atoms with van der Waals surface area (Å²) < 4.78 is 41.3. The van der Waals surface area contributed by atoms with E-state index in [1.807, 2.05) is 54.9 Å². The first-order valence-electron chi connectivity index (χ1n) is 9.98. The molecule has 1 amide bonds. The molecule has 0 saturated heterocycles. The second kappa shape index (κ2) is 9.60. The highest BCUT2D eigenvalue weighted by atomic mass is 35.5. The number of hydrogen-bond acceptors (Lipinski definition) is 1. The van der Waals surface area contributed by atoms with Gasteiger partial charge in [-0.2, -0.15) is 13.2 Å². The summed E-state index contributed by atoms with van der Waals surface area (Å²) in [6.45, 7) is 5.24. The van der Waals surface area contributed by atoms with E-state index in [4.69, 9.17) is 11.6 Å². The number of carbonyl (C=O) groups is 1. The van der Waals surface area contributed by atoms with Crippen molar-refractivity contribution in [1.29, 1.82) is 0 Å². The van der Waals surface area contributed by atoms with Crippen LogP contribution in [0.4, 0.5) is 13.2 Å². The van der Waals surface area contributed by atoms with Crippen LogP contribution < -0.4 is 0 Å². The molecular formula is C24H24ClF3N2O. The summed E-state index contributed by atoms with van der Waals surface area (Å²) in [5.74, 6) is -0.263. The highest BCUT2D eigenvalue weighted by Gasteiger charge is 2.31. The second-order valence-corrected chi connectivity index (χ2v) is 8.35. The Balaban J connectivity index is 1.85. The van der Waals surface area contributed by atoms with Crippen LogP contribution in [-0.2, 0) is 19.3 Å². The fourth-order valence-electron chi connectivity index (χ4n) is 3.45. The first-order chi connectivity index (χ1) is 14.6. The highest BCUT2D eigenvalue weighted by Crippen LogP contribution is 2.30. The molecular weight excluding hydrogens is 425 g/mol. The molecule has 0 aliphatic rings. The van der Waals surface area contributed by atoms with Crippen molar-refractivity contribution in [2.45, 2.75) is 33.1 Å². The molecule has 0 bridgehead atoms. The predicted molar refractivity (Wildman–Crippen MR) is 116 cm³/mol. The minimum absolute atomic E-state index is 0.0309. The van der Waals surface area contributed by atoms with Gasteiger partial charge in [0, 0.05) is 35.6 Å². The molecule has 0 N–H and O–H groups in total. The summed E-state index contributed by atoms with van der Waals surface area (Å²) in [5, 5.41) is 0.646. The largest absolute Gasteiger partial charge is 0.416 e. The van der Waals surface area contributed by atoms with Crippen LogP contribution in [0, 0.1) is 5.92 Å². The van der Waals surface area contributed by atoms with Crippen LogP contribution in [0.2, 0.25) is 5.02 Å². The number of benzene rings is 2. The third-order valence-corrected chi connectivity index (χ3v) is 5.06. The lowest BCUT2D eigenvalue weighted by molar-refractivity contribution is -0.137. The van der Waals surface area contributed by atoms with Crippen LogP contribution in [0.5, 0.6) is 0 Å². The molecule has 7 heteroatoms. The molecule has 3 rings (SSSR count). The van der Waals surface area contributed by atoms with Crippen molar-refractivity contribution in [3.63, 3.8) is 0 Å². The molecule has 3 aromatic rings. The Morgan fingerprint density at radius 3 is 2.48 bits per heavy atom. The van der Waals surface area contributed by atoms with Crippen molar-refractivity contribution in [3.8, 4) is 0 Å². The van der Waals surface area contributed by atoms with Gasteiger partial charge >= 0.3 is 6.18 Å². The summed E-state index contributed by atoms with van der Waals surface area (Å²) >= 11 is 6.08. The molecule has 0 unspecified atom stereocenters. The molecule has 31 heavy (non-hydrogen) atoms. The molecule has 0 radical (unpaired) electrons. The van der Waals surface area contributed by atoms with Crippen molar-refractivity contribution >= 4 is 17.5 Å². The normalized spacial score (nSPS) is 11.7. The number of amides is 1. The molecule has 3 nitrogen and oxygen atoms in total. The Hall–Kier alpha value is -2.73. The van der Waals surface area contributed by atoms with Gasteiger partial charge in [-0.05, 0) is 53.9 Å². The van der Waals surface area contributed by atoms with Gasteiger partial charge in [0.1, 0.15) is 0 Å². The summed E-state index contributed by atoms with van der Waals surface area (Å²) in [5.41, 5.74) is 1.11. The Bertz CT molecular complexity index is 1040. The first-order valence-corrected chi connectivity index (χ1v) is 10.4. The zero-order valence-corrected chi connectivity index (χ0v) is 18.1. The van der Waals surface area contributed by atoms with Crippen LogP contribution in [0.3, 0.4) is 0 Å². The maximum Gasteiger partial charge on any atom is 0.416 e. The third kappa shape index (κ3) is 6.14. The van der Waals surface area contributed by atoms with Crippen LogP contribution in [0.25, 0.3) is 0 Å². The quantitative estimate of drug-likeness (QED) is 0.404. The molecule has 2 aromatic carbocycles. The topological polar surface area (TPSA) is 25.2 Å². The second-order valence-electron chi connectivity index (χ2n) is 7.92. The average molecular weight is 449 g/mol. The van der Waals surface area contributed by atoms with Gasteiger partial charge in [-0.15, -0.1) is 0 Å². The molecule has 0 aliphatic heterocycles. The number of alkyl halides is 3. The van der Waals surface area contributed by atoms with Gasteiger partial charge in [0.25, 0.3) is 5.91 Å². The van der Waals surface area contributed by atoms with Gasteiger partial charge in [0.05, 0.1) is 12.1 Å². The number of nitrogens with zero attached hydrogens (tertiary/aromatic N) is 2. The van der Waals surface area contributed by atoms with Crippen LogP contribution in [-0.4, -0.2) is 21.9 Å². The fraction of sp³-hybridized carbons (Fsp3) is 0.292. The van der Waals surface area contributed by atoms with Crippen molar-refractivity contribution in [1.82, 2.24) is 9.47 Å². The lowest BCUT2D eigenvalue weighted by atomic mass is 10.1. The Morgan fingerprint density at radius 1 is 1.06 bits per heavy atom. The molecule has 0 saturated carbocycles. The average Bonchev–Trinajstić information content (AvgIpc) is 3.12. The van der Waals surface area contributed by atoms with E-state index in [0.717, 1.165) is 23.4 Å². The van der Waals surface area contributed by atoms with Crippen LogP contribution in [0.1, 0.15) is 41.0 Å². The Labute approximate surface area is 185 Å². The van der Waals surface area contributed by atoms with E-state index in [1.165, 1.54) is 12.1 Å². The zero-order chi connectivity index (χ0) is 22.6. The summed E-state index contributed by atoms with van der Waals surface area (Å²) in [6, 6.07) is 15.9. The lowest BCUT2D eigenvalue weighted by Crippen LogP contribution is -2.34. The number of hydrogen-bond donors (Lipinski definition) is 0. The van der Waals surface area contributed by atoms with Crippen molar-refractivity contribution in [2.75, 3.05) is 6.54 Å². The van der Waals surface area contributed by atoms with Crippen molar-refractivity contribution in [2.24, 2.45) is 5.92 Å². The lowest BCUT2D eigenvalue weighted by Gasteiger charge is -2.26. The fourth-order valence-corrected chi connectivity index (χ4v) is 3.66. The molecule has 0 fully saturated rings. The van der Waals surface area contributed by atoms with E-state index in [2.05, 4.69) is 0 Å². The molecule has 1 heterocycles. The Morgan fingerprint density at radius 2 is 1.81 bits per heavy atom. The summed E-state index contributed by atoms with van der Waals surface area (Å²) in [6.07, 6.45) is -2.58. The van der Waals surface area contributed by atoms with E-state index >= 15 is 0 Å². The van der Waals surface area contributed by atoms with Gasteiger partial charge < -0.3 is 9.47 Å². The van der Waals surface area contributed by atoms with Crippen molar-refractivity contribution < 1.29 is 18.0 Å². The smallest absolute Gasteiger partial charge is 0.345 e. The van der Waals surface area contributed by atoms with Gasteiger partial charge in [0.15, 0.2) is 0 Å². The van der Waals surface area contributed by atoms with Gasteiger partial charge in [-0.3, -0.25) is 4.79 Å². The van der Waals surface area contributed by atoms with Gasteiger partial charge in [-0.25, -0.2) is 0 Å². The van der Waals surface area contributed by atoms with E-state index in [-0.39, 0.29) is 11.5 Å². The number of halogens is 4.